The zero-order valence-corrected chi connectivity index (χ0v) is 11.5. The minimum atomic E-state index is -2.43. The third-order valence-corrected chi connectivity index (χ3v) is 4.63. The van der Waals surface area contributed by atoms with Gasteiger partial charge in [-0.25, -0.2) is 0 Å². The highest BCUT2D eigenvalue weighted by molar-refractivity contribution is 7.58. The lowest BCUT2D eigenvalue weighted by Gasteiger charge is -2.18. The largest absolute Gasteiger partial charge is 0.329 e. The summed E-state index contributed by atoms with van der Waals surface area (Å²) in [6.45, 7) is 8.30. The van der Waals surface area contributed by atoms with E-state index in [-0.39, 0.29) is 5.92 Å². The Balaban J connectivity index is 2.72. The van der Waals surface area contributed by atoms with E-state index in [2.05, 4.69) is 32.0 Å². The number of hydrogen-bond acceptors (Lipinski definition) is 2. The molecule has 0 saturated carbocycles. The van der Waals surface area contributed by atoms with Crippen molar-refractivity contribution in [1.29, 1.82) is 0 Å². The summed E-state index contributed by atoms with van der Waals surface area (Å²) in [6, 6.07) is 8.35. The van der Waals surface area contributed by atoms with Gasteiger partial charge in [-0.1, -0.05) is 36.8 Å². The second-order valence-corrected chi connectivity index (χ2v) is 7.08. The van der Waals surface area contributed by atoms with Crippen molar-refractivity contribution in [3.05, 3.63) is 35.4 Å². The maximum Gasteiger partial charge on any atom is 0.200 e. The minimum Gasteiger partial charge on any atom is -0.329 e. The van der Waals surface area contributed by atoms with Crippen molar-refractivity contribution < 1.29 is 9.09 Å². The molecule has 0 aromatic heterocycles. The third kappa shape index (κ3) is 4.11. The topological polar surface area (TPSA) is 26.3 Å². The van der Waals surface area contributed by atoms with Crippen LogP contribution in [0.15, 0.2) is 24.3 Å². The van der Waals surface area contributed by atoms with Crippen LogP contribution in [0.4, 0.5) is 0 Å². The van der Waals surface area contributed by atoms with Gasteiger partial charge in [-0.2, -0.15) is 0 Å². The fourth-order valence-electron chi connectivity index (χ4n) is 1.91. The molecule has 0 aliphatic carbocycles. The maximum atomic E-state index is 12.1. The van der Waals surface area contributed by atoms with Crippen LogP contribution in [-0.2, 0) is 9.09 Å². The van der Waals surface area contributed by atoms with E-state index in [0.29, 0.717) is 12.8 Å². The van der Waals surface area contributed by atoms with Gasteiger partial charge in [0, 0.05) is 12.8 Å². The van der Waals surface area contributed by atoms with E-state index in [1.807, 2.05) is 13.0 Å². The highest BCUT2D eigenvalue weighted by Crippen LogP contribution is 2.46. The van der Waals surface area contributed by atoms with Crippen molar-refractivity contribution in [2.45, 2.75) is 26.7 Å². The van der Waals surface area contributed by atoms with Crippen molar-refractivity contribution >= 4 is 7.37 Å². The van der Waals surface area contributed by atoms with Gasteiger partial charge in [-0.05, 0) is 25.3 Å². The first-order chi connectivity index (χ1) is 7.44. The fourth-order valence-corrected chi connectivity index (χ4v) is 3.76. The number of rotatable bonds is 5. The predicted octanol–water partition coefficient (Wildman–Crippen LogP) is 4.04. The van der Waals surface area contributed by atoms with Crippen molar-refractivity contribution in [2.24, 2.45) is 0 Å². The molecule has 0 aliphatic heterocycles. The van der Waals surface area contributed by atoms with Crippen LogP contribution >= 0.6 is 7.37 Å². The Morgan fingerprint density at radius 1 is 1.44 bits per heavy atom. The monoisotopic (exact) mass is 240 g/mol. The molecule has 1 aromatic carbocycles. The molecule has 2 nitrogen and oxygen atoms in total. The molecule has 0 saturated heterocycles. The van der Waals surface area contributed by atoms with Crippen LogP contribution in [0, 0.1) is 6.92 Å². The first-order valence-corrected chi connectivity index (χ1v) is 7.98. The van der Waals surface area contributed by atoms with Crippen LogP contribution in [0.2, 0.25) is 0 Å². The molecule has 2 atom stereocenters. The first-order valence-electron chi connectivity index (χ1n) is 5.72. The molecule has 0 N–H and O–H groups in total. The second kappa shape index (κ2) is 5.65. The van der Waals surface area contributed by atoms with Crippen molar-refractivity contribution in [1.82, 2.24) is 0 Å². The highest BCUT2D eigenvalue weighted by Gasteiger charge is 2.20. The van der Waals surface area contributed by atoms with Crippen LogP contribution in [0.3, 0.4) is 0 Å². The van der Waals surface area contributed by atoms with Gasteiger partial charge in [0.05, 0.1) is 6.61 Å². The Kier molecular flexibility index (Phi) is 4.76. The summed E-state index contributed by atoms with van der Waals surface area (Å²) in [4.78, 5) is 0. The maximum absolute atomic E-state index is 12.1. The molecule has 2 unspecified atom stereocenters. The summed E-state index contributed by atoms with van der Waals surface area (Å²) in [5, 5.41) is 0. The van der Waals surface area contributed by atoms with Crippen molar-refractivity contribution in [3.63, 3.8) is 0 Å². The lowest BCUT2D eigenvalue weighted by molar-refractivity contribution is 0.335. The summed E-state index contributed by atoms with van der Waals surface area (Å²) >= 11 is 0. The van der Waals surface area contributed by atoms with E-state index in [1.54, 1.807) is 6.66 Å². The molecular weight excluding hydrogens is 219 g/mol. The molecular formula is C13H21O2P. The van der Waals surface area contributed by atoms with Crippen molar-refractivity contribution in [3.8, 4) is 0 Å². The molecule has 3 heteroatoms. The van der Waals surface area contributed by atoms with Gasteiger partial charge < -0.3 is 4.52 Å². The second-order valence-electron chi connectivity index (χ2n) is 4.43. The fraction of sp³-hybridized carbons (Fsp3) is 0.538. The average molecular weight is 240 g/mol. The Bertz CT molecular complexity index is 387. The molecule has 0 fully saturated rings. The molecule has 1 rings (SSSR count). The minimum absolute atomic E-state index is 0.280. The predicted molar refractivity (Wildman–Crippen MR) is 69.6 cm³/mol. The smallest absolute Gasteiger partial charge is 0.200 e. The molecule has 0 radical (unpaired) electrons. The van der Waals surface area contributed by atoms with Crippen LogP contribution in [-0.4, -0.2) is 19.4 Å². The van der Waals surface area contributed by atoms with E-state index >= 15 is 0 Å². The summed E-state index contributed by atoms with van der Waals surface area (Å²) in [5.74, 6) is 0.280. The van der Waals surface area contributed by atoms with E-state index in [9.17, 15) is 4.57 Å². The standard InChI is InChI=1S/C13H21O2P/c1-5-15-16(4,14)10-12(3)13-8-6-7-11(2)9-13/h6-9,12H,5,10H2,1-4H3. The molecule has 1 aromatic rings. The lowest BCUT2D eigenvalue weighted by atomic mass is 10.0. The Morgan fingerprint density at radius 3 is 2.69 bits per heavy atom. The lowest BCUT2D eigenvalue weighted by Crippen LogP contribution is -2.03. The van der Waals surface area contributed by atoms with E-state index in [4.69, 9.17) is 4.52 Å². The van der Waals surface area contributed by atoms with E-state index < -0.39 is 7.37 Å². The van der Waals surface area contributed by atoms with Gasteiger partial charge in [0.25, 0.3) is 0 Å². The van der Waals surface area contributed by atoms with Crippen LogP contribution < -0.4 is 0 Å². The number of hydrogen-bond donors (Lipinski definition) is 0. The summed E-state index contributed by atoms with van der Waals surface area (Å²) in [6.07, 6.45) is 0.615. The van der Waals surface area contributed by atoms with Crippen LogP contribution in [0.1, 0.15) is 30.9 Å². The molecule has 16 heavy (non-hydrogen) atoms. The van der Waals surface area contributed by atoms with Crippen molar-refractivity contribution in [2.75, 3.05) is 19.4 Å². The number of aryl methyl sites for hydroxylation is 1. The molecule has 0 heterocycles. The Labute approximate surface area is 98.5 Å². The average Bonchev–Trinajstić information content (AvgIpc) is 2.16. The SMILES string of the molecule is CCOP(C)(=O)CC(C)c1cccc(C)c1. The Hall–Kier alpha value is -0.590. The molecule has 0 bridgehead atoms. The van der Waals surface area contributed by atoms with Gasteiger partial charge in [-0.15, -0.1) is 0 Å². The van der Waals surface area contributed by atoms with E-state index in [0.717, 1.165) is 0 Å². The number of benzene rings is 1. The zero-order chi connectivity index (χ0) is 12.2. The van der Waals surface area contributed by atoms with Crippen LogP contribution in [0.25, 0.3) is 0 Å². The molecule has 0 spiro atoms. The Morgan fingerprint density at radius 2 is 2.12 bits per heavy atom. The summed E-state index contributed by atoms with van der Waals surface area (Å²) in [5.41, 5.74) is 2.48. The van der Waals surface area contributed by atoms with E-state index in [1.165, 1.54) is 11.1 Å². The first kappa shape index (κ1) is 13.5. The zero-order valence-electron chi connectivity index (χ0n) is 10.6. The quantitative estimate of drug-likeness (QED) is 0.726. The van der Waals surface area contributed by atoms with Gasteiger partial charge in [-0.3, -0.25) is 4.57 Å². The molecule has 90 valence electrons. The van der Waals surface area contributed by atoms with Crippen LogP contribution in [0.5, 0.6) is 0 Å². The van der Waals surface area contributed by atoms with Gasteiger partial charge in [0.2, 0.25) is 7.37 Å². The van der Waals surface area contributed by atoms with Gasteiger partial charge >= 0.3 is 0 Å². The summed E-state index contributed by atoms with van der Waals surface area (Å²) < 4.78 is 17.4. The normalized spacial score (nSPS) is 16.8. The molecule has 0 amide bonds. The summed E-state index contributed by atoms with van der Waals surface area (Å²) in [7, 11) is -2.43. The van der Waals surface area contributed by atoms with Gasteiger partial charge in [0.1, 0.15) is 0 Å². The third-order valence-electron chi connectivity index (χ3n) is 2.62. The van der Waals surface area contributed by atoms with Gasteiger partial charge in [0.15, 0.2) is 0 Å². The molecule has 0 aliphatic rings. The highest BCUT2D eigenvalue weighted by atomic mass is 31.2.